The molecule has 5 nitrogen and oxygen atoms in total. The molecule has 0 saturated heterocycles. The molecule has 0 unspecified atom stereocenters. The van der Waals surface area contributed by atoms with E-state index in [1.807, 2.05) is 29.8 Å². The van der Waals surface area contributed by atoms with Crippen molar-refractivity contribution in [3.63, 3.8) is 0 Å². The van der Waals surface area contributed by atoms with Gasteiger partial charge in [0.15, 0.2) is 5.16 Å². The number of aromatic amines is 1. The Kier molecular flexibility index (Phi) is 3.12. The zero-order valence-corrected chi connectivity index (χ0v) is 11.8. The van der Waals surface area contributed by atoms with Crippen molar-refractivity contribution < 1.29 is 0 Å². The van der Waals surface area contributed by atoms with Crippen LogP contribution in [0.15, 0.2) is 29.6 Å². The summed E-state index contributed by atoms with van der Waals surface area (Å²) in [6.45, 7) is 0. The molecule has 7 heteroatoms. The first-order valence-corrected chi connectivity index (χ1v) is 7.04. The van der Waals surface area contributed by atoms with Crippen LogP contribution in [-0.2, 0) is 12.8 Å². The molecular formula is C12H12ClN5S. The Balaban J connectivity index is 1.80. The molecule has 0 atom stereocenters. The van der Waals surface area contributed by atoms with E-state index >= 15 is 0 Å². The van der Waals surface area contributed by atoms with Crippen LogP contribution in [0.4, 0.5) is 5.69 Å². The maximum Gasteiger partial charge on any atom is 0.166 e. The molecule has 2 aromatic heterocycles. The summed E-state index contributed by atoms with van der Waals surface area (Å²) in [5.74, 6) is 1.62. The van der Waals surface area contributed by atoms with E-state index in [9.17, 15) is 0 Å². The maximum atomic E-state index is 5.95. The highest BCUT2D eigenvalue weighted by atomic mass is 35.5. The van der Waals surface area contributed by atoms with Crippen LogP contribution in [0.3, 0.4) is 0 Å². The molecule has 3 N–H and O–H groups in total. The fourth-order valence-corrected chi connectivity index (χ4v) is 2.79. The van der Waals surface area contributed by atoms with Crippen molar-refractivity contribution in [2.24, 2.45) is 7.05 Å². The molecule has 3 aromatic rings. The Morgan fingerprint density at radius 3 is 3.05 bits per heavy atom. The van der Waals surface area contributed by atoms with Crippen LogP contribution in [0, 0.1) is 0 Å². The van der Waals surface area contributed by atoms with Crippen LogP contribution >= 0.6 is 23.4 Å². The number of nitrogens with two attached hydrogens (primary N) is 1. The van der Waals surface area contributed by atoms with E-state index < -0.39 is 0 Å². The van der Waals surface area contributed by atoms with Gasteiger partial charge in [0, 0.05) is 12.7 Å². The SMILES string of the molecule is Cn1c(Cl)cnc1CSc1nc2ccc(N)cc2[nH]1. The second-order valence-electron chi connectivity index (χ2n) is 4.16. The van der Waals surface area contributed by atoms with Gasteiger partial charge in [0.25, 0.3) is 0 Å². The third-order valence-electron chi connectivity index (χ3n) is 2.85. The van der Waals surface area contributed by atoms with Crippen molar-refractivity contribution >= 4 is 40.1 Å². The summed E-state index contributed by atoms with van der Waals surface area (Å²) < 4.78 is 1.86. The number of nitrogen functional groups attached to an aromatic ring is 1. The lowest BCUT2D eigenvalue weighted by molar-refractivity contribution is 0.849. The molecule has 0 radical (unpaired) electrons. The Bertz CT molecular complexity index is 733. The van der Waals surface area contributed by atoms with Crippen molar-refractivity contribution in [1.29, 1.82) is 0 Å². The van der Waals surface area contributed by atoms with Crippen molar-refractivity contribution in [1.82, 2.24) is 19.5 Å². The lowest BCUT2D eigenvalue weighted by Crippen LogP contribution is -1.95. The Morgan fingerprint density at radius 2 is 2.32 bits per heavy atom. The molecule has 0 fully saturated rings. The molecule has 2 heterocycles. The molecule has 3 rings (SSSR count). The van der Waals surface area contributed by atoms with Gasteiger partial charge in [0.1, 0.15) is 11.0 Å². The summed E-state index contributed by atoms with van der Waals surface area (Å²) in [5, 5.41) is 1.48. The van der Waals surface area contributed by atoms with Crippen LogP contribution in [0.1, 0.15) is 5.82 Å². The van der Waals surface area contributed by atoms with Gasteiger partial charge >= 0.3 is 0 Å². The zero-order valence-electron chi connectivity index (χ0n) is 10.2. The van der Waals surface area contributed by atoms with Crippen LogP contribution in [0.25, 0.3) is 11.0 Å². The normalized spacial score (nSPS) is 11.3. The standard InChI is InChI=1S/C12H12ClN5S/c1-18-10(13)5-15-11(18)6-19-12-16-8-3-2-7(14)4-9(8)17-12/h2-5H,6,14H2,1H3,(H,16,17). The summed E-state index contributed by atoms with van der Waals surface area (Å²) in [6.07, 6.45) is 1.65. The van der Waals surface area contributed by atoms with E-state index in [-0.39, 0.29) is 0 Å². The van der Waals surface area contributed by atoms with E-state index in [0.717, 1.165) is 27.7 Å². The van der Waals surface area contributed by atoms with Crippen LogP contribution < -0.4 is 5.73 Å². The third kappa shape index (κ3) is 2.41. The van der Waals surface area contributed by atoms with Crippen molar-refractivity contribution in [2.45, 2.75) is 10.9 Å². The number of hydrogen-bond acceptors (Lipinski definition) is 4. The van der Waals surface area contributed by atoms with E-state index in [4.69, 9.17) is 17.3 Å². The first kappa shape index (κ1) is 12.4. The number of fused-ring (bicyclic) bond motifs is 1. The molecule has 1 aromatic carbocycles. The van der Waals surface area contributed by atoms with Crippen LogP contribution in [-0.4, -0.2) is 19.5 Å². The predicted octanol–water partition coefficient (Wildman–Crippen LogP) is 2.82. The minimum absolute atomic E-state index is 0.632. The predicted molar refractivity (Wildman–Crippen MR) is 78.3 cm³/mol. The van der Waals surface area contributed by atoms with Gasteiger partial charge in [-0.25, -0.2) is 9.97 Å². The third-order valence-corrected chi connectivity index (χ3v) is 4.07. The second kappa shape index (κ2) is 4.79. The number of nitrogens with zero attached hydrogens (tertiary/aromatic N) is 3. The number of thioether (sulfide) groups is 1. The number of anilines is 1. The number of imidazole rings is 2. The average molecular weight is 294 g/mol. The van der Waals surface area contributed by atoms with Gasteiger partial charge < -0.3 is 15.3 Å². The molecule has 0 amide bonds. The maximum absolute atomic E-state index is 5.95. The number of benzene rings is 1. The number of hydrogen-bond donors (Lipinski definition) is 2. The average Bonchev–Trinajstić information content (AvgIpc) is 2.92. The lowest BCUT2D eigenvalue weighted by atomic mass is 10.3. The molecule has 19 heavy (non-hydrogen) atoms. The summed E-state index contributed by atoms with van der Waals surface area (Å²) in [5.41, 5.74) is 8.32. The molecule has 0 aliphatic heterocycles. The first-order valence-electron chi connectivity index (χ1n) is 5.67. The minimum Gasteiger partial charge on any atom is -0.399 e. The van der Waals surface area contributed by atoms with E-state index in [1.54, 1.807) is 18.0 Å². The fourth-order valence-electron chi connectivity index (χ4n) is 1.76. The summed E-state index contributed by atoms with van der Waals surface area (Å²) in [4.78, 5) is 12.0. The van der Waals surface area contributed by atoms with Crippen LogP contribution in [0.2, 0.25) is 5.15 Å². The molecule has 0 aliphatic rings. The van der Waals surface area contributed by atoms with Crippen molar-refractivity contribution in [3.8, 4) is 0 Å². The number of nitrogens with one attached hydrogen (secondary N) is 1. The van der Waals surface area contributed by atoms with E-state index in [1.165, 1.54) is 0 Å². The highest BCUT2D eigenvalue weighted by Gasteiger charge is 2.08. The number of aromatic nitrogens is 4. The highest BCUT2D eigenvalue weighted by molar-refractivity contribution is 7.98. The van der Waals surface area contributed by atoms with Gasteiger partial charge in [-0.1, -0.05) is 23.4 Å². The summed E-state index contributed by atoms with van der Waals surface area (Å²) >= 11 is 7.53. The number of halogens is 1. The van der Waals surface area contributed by atoms with Gasteiger partial charge in [0.05, 0.1) is 23.0 Å². The van der Waals surface area contributed by atoms with Crippen molar-refractivity contribution in [3.05, 3.63) is 35.4 Å². The fraction of sp³-hybridized carbons (Fsp3) is 0.167. The van der Waals surface area contributed by atoms with Gasteiger partial charge in [0.2, 0.25) is 0 Å². The molecule has 0 aliphatic carbocycles. The molecule has 98 valence electrons. The minimum atomic E-state index is 0.632. The molecule has 0 spiro atoms. The topological polar surface area (TPSA) is 72.5 Å². The van der Waals surface area contributed by atoms with Gasteiger partial charge in [-0.15, -0.1) is 0 Å². The highest BCUT2D eigenvalue weighted by Crippen LogP contribution is 2.24. The zero-order chi connectivity index (χ0) is 13.4. The Labute approximate surface area is 119 Å². The van der Waals surface area contributed by atoms with E-state index in [0.29, 0.717) is 10.9 Å². The smallest absolute Gasteiger partial charge is 0.166 e. The number of rotatable bonds is 3. The first-order chi connectivity index (χ1) is 9.13. The lowest BCUT2D eigenvalue weighted by Gasteiger charge is -2.00. The molecule has 0 saturated carbocycles. The van der Waals surface area contributed by atoms with Gasteiger partial charge in [-0.3, -0.25) is 0 Å². The molecule has 0 bridgehead atoms. The quantitative estimate of drug-likeness (QED) is 0.575. The number of H-pyrrole nitrogens is 1. The van der Waals surface area contributed by atoms with Gasteiger partial charge in [-0.05, 0) is 18.2 Å². The van der Waals surface area contributed by atoms with Crippen molar-refractivity contribution in [2.75, 3.05) is 5.73 Å². The Morgan fingerprint density at radius 1 is 1.47 bits per heavy atom. The summed E-state index contributed by atoms with van der Waals surface area (Å²) in [6, 6.07) is 5.63. The van der Waals surface area contributed by atoms with Crippen LogP contribution in [0.5, 0.6) is 0 Å². The monoisotopic (exact) mass is 293 g/mol. The second-order valence-corrected chi connectivity index (χ2v) is 5.51. The molecular weight excluding hydrogens is 282 g/mol. The largest absolute Gasteiger partial charge is 0.399 e. The Hall–Kier alpha value is -1.66. The summed E-state index contributed by atoms with van der Waals surface area (Å²) in [7, 11) is 1.89. The van der Waals surface area contributed by atoms with Gasteiger partial charge in [-0.2, -0.15) is 0 Å². The van der Waals surface area contributed by atoms with E-state index in [2.05, 4.69) is 15.0 Å².